The van der Waals surface area contributed by atoms with Crippen molar-refractivity contribution in [2.45, 2.75) is 19.9 Å². The monoisotopic (exact) mass is 402 g/mol. The number of oxime groups is 1. The third-order valence-electron chi connectivity index (χ3n) is 4.95. The lowest BCUT2D eigenvalue weighted by molar-refractivity contribution is 0.0699. The van der Waals surface area contributed by atoms with E-state index in [0.717, 1.165) is 34.3 Å². The highest BCUT2D eigenvalue weighted by Gasteiger charge is 2.10. The number of hydrogen-bond donors (Lipinski definition) is 1. The van der Waals surface area contributed by atoms with Crippen molar-refractivity contribution in [1.29, 1.82) is 0 Å². The van der Waals surface area contributed by atoms with Crippen molar-refractivity contribution in [3.63, 3.8) is 0 Å². The molecule has 0 radical (unpaired) electrons. The van der Waals surface area contributed by atoms with Gasteiger partial charge in [-0.25, -0.2) is 9.48 Å². The second kappa shape index (κ2) is 8.65. The second-order valence-corrected chi connectivity index (χ2v) is 6.77. The number of benzene rings is 2. The van der Waals surface area contributed by atoms with Crippen LogP contribution in [0.5, 0.6) is 0 Å². The molecule has 0 atom stereocenters. The summed E-state index contributed by atoms with van der Waals surface area (Å²) in [6, 6.07) is 17.0. The lowest BCUT2D eigenvalue weighted by Gasteiger charge is -2.08. The minimum atomic E-state index is -0.926. The van der Waals surface area contributed by atoms with E-state index in [0.29, 0.717) is 18.7 Å². The fourth-order valence-corrected chi connectivity index (χ4v) is 3.42. The van der Waals surface area contributed by atoms with Gasteiger partial charge in [-0.15, -0.1) is 0 Å². The summed E-state index contributed by atoms with van der Waals surface area (Å²) in [6.45, 7) is 3.00. The highest BCUT2D eigenvalue weighted by Crippen LogP contribution is 2.20. The number of fused-ring (bicyclic) bond motifs is 1. The van der Waals surface area contributed by atoms with Crippen LogP contribution in [0.4, 0.5) is 0 Å². The number of aromatic nitrogens is 3. The first-order chi connectivity index (χ1) is 14.7. The van der Waals surface area contributed by atoms with Gasteiger partial charge in [0.2, 0.25) is 0 Å². The molecule has 0 saturated heterocycles. The van der Waals surface area contributed by atoms with Crippen molar-refractivity contribution >= 4 is 22.6 Å². The summed E-state index contributed by atoms with van der Waals surface area (Å²) in [5.41, 5.74) is 4.03. The molecule has 2 aromatic carbocycles. The first-order valence-corrected chi connectivity index (χ1v) is 9.78. The van der Waals surface area contributed by atoms with Gasteiger partial charge in [0.05, 0.1) is 23.5 Å². The molecular formula is C23H22N4O3. The summed E-state index contributed by atoms with van der Waals surface area (Å²) >= 11 is 0. The molecule has 0 spiro atoms. The van der Waals surface area contributed by atoms with Crippen LogP contribution in [0.3, 0.4) is 0 Å². The van der Waals surface area contributed by atoms with Gasteiger partial charge < -0.3 is 14.5 Å². The number of nitrogens with zero attached hydrogens (tertiary/aromatic N) is 4. The second-order valence-electron chi connectivity index (χ2n) is 6.77. The predicted molar refractivity (Wildman–Crippen MR) is 115 cm³/mol. The molecule has 0 aliphatic rings. The van der Waals surface area contributed by atoms with Crippen molar-refractivity contribution in [1.82, 2.24) is 14.3 Å². The standard InChI is InChI=1S/C23H22N4O3/c1-2-21(17-7-9-18(10-8-17)27-13-4-12-24-27)25-30-16-15-26-14-11-19-20(23(28)29)5-3-6-22(19)26/h3-14H,2,15-16H2,1H3,(H,28,29). The maximum atomic E-state index is 11.4. The van der Waals surface area contributed by atoms with E-state index in [9.17, 15) is 9.90 Å². The summed E-state index contributed by atoms with van der Waals surface area (Å²) in [4.78, 5) is 16.9. The molecule has 4 aromatic rings. The average Bonchev–Trinajstić information content (AvgIpc) is 3.44. The Morgan fingerprint density at radius 1 is 1.10 bits per heavy atom. The third-order valence-corrected chi connectivity index (χ3v) is 4.95. The van der Waals surface area contributed by atoms with E-state index in [1.807, 2.05) is 66.3 Å². The Kier molecular flexibility index (Phi) is 5.61. The van der Waals surface area contributed by atoms with E-state index in [1.54, 1.807) is 23.0 Å². The van der Waals surface area contributed by atoms with E-state index in [-0.39, 0.29) is 0 Å². The Bertz CT molecular complexity index is 1180. The Morgan fingerprint density at radius 2 is 1.93 bits per heavy atom. The quantitative estimate of drug-likeness (QED) is 0.270. The minimum absolute atomic E-state index is 0.303. The Labute approximate surface area is 173 Å². The SMILES string of the molecule is CCC(=NOCCn1ccc2c(C(=O)O)cccc21)c1ccc(-n2cccn2)cc1. The Hall–Kier alpha value is -3.87. The van der Waals surface area contributed by atoms with Gasteiger partial charge in [-0.05, 0) is 48.4 Å². The molecule has 30 heavy (non-hydrogen) atoms. The van der Waals surface area contributed by atoms with Crippen molar-refractivity contribution in [2.75, 3.05) is 6.61 Å². The molecule has 0 unspecified atom stereocenters. The highest BCUT2D eigenvalue weighted by atomic mass is 16.6. The Morgan fingerprint density at radius 3 is 2.63 bits per heavy atom. The van der Waals surface area contributed by atoms with Crippen LogP contribution in [-0.4, -0.2) is 37.7 Å². The predicted octanol–water partition coefficient (Wildman–Crippen LogP) is 4.36. The van der Waals surface area contributed by atoms with Crippen molar-refractivity contribution in [3.05, 3.63) is 84.3 Å². The minimum Gasteiger partial charge on any atom is -0.478 e. The van der Waals surface area contributed by atoms with Crippen LogP contribution in [0, 0.1) is 0 Å². The Balaban J connectivity index is 1.41. The van der Waals surface area contributed by atoms with Crippen LogP contribution < -0.4 is 0 Å². The van der Waals surface area contributed by atoms with Gasteiger partial charge in [0.1, 0.15) is 6.61 Å². The molecule has 1 N–H and O–H groups in total. The number of aromatic carboxylic acids is 1. The summed E-state index contributed by atoms with van der Waals surface area (Å²) in [5, 5.41) is 18.6. The van der Waals surface area contributed by atoms with Crippen LogP contribution in [0.1, 0.15) is 29.3 Å². The molecule has 4 rings (SSSR count). The molecule has 7 heteroatoms. The maximum absolute atomic E-state index is 11.4. The highest BCUT2D eigenvalue weighted by molar-refractivity contribution is 6.03. The van der Waals surface area contributed by atoms with E-state index in [1.165, 1.54) is 0 Å². The van der Waals surface area contributed by atoms with Gasteiger partial charge in [0, 0.05) is 29.5 Å². The van der Waals surface area contributed by atoms with Crippen molar-refractivity contribution < 1.29 is 14.7 Å². The summed E-state index contributed by atoms with van der Waals surface area (Å²) < 4.78 is 3.78. The van der Waals surface area contributed by atoms with E-state index in [2.05, 4.69) is 10.3 Å². The van der Waals surface area contributed by atoms with Gasteiger partial charge in [0.15, 0.2) is 0 Å². The van der Waals surface area contributed by atoms with Crippen LogP contribution in [-0.2, 0) is 11.4 Å². The van der Waals surface area contributed by atoms with Crippen molar-refractivity contribution in [3.8, 4) is 5.69 Å². The van der Waals surface area contributed by atoms with Gasteiger partial charge in [-0.1, -0.05) is 30.3 Å². The van der Waals surface area contributed by atoms with Crippen LogP contribution in [0.15, 0.2) is 78.3 Å². The fourth-order valence-electron chi connectivity index (χ4n) is 3.42. The molecule has 0 amide bonds. The van der Waals surface area contributed by atoms with E-state index in [4.69, 9.17) is 4.84 Å². The van der Waals surface area contributed by atoms with E-state index < -0.39 is 5.97 Å². The molecule has 152 valence electrons. The van der Waals surface area contributed by atoms with Gasteiger partial charge in [-0.2, -0.15) is 5.10 Å². The van der Waals surface area contributed by atoms with Crippen LogP contribution in [0.2, 0.25) is 0 Å². The summed E-state index contributed by atoms with van der Waals surface area (Å²) in [5.74, 6) is -0.926. The lowest BCUT2D eigenvalue weighted by Crippen LogP contribution is -2.06. The molecule has 0 fully saturated rings. The number of hydrogen-bond acceptors (Lipinski definition) is 4. The van der Waals surface area contributed by atoms with Gasteiger partial charge in [0.25, 0.3) is 0 Å². The number of carbonyl (C=O) groups is 1. The molecular weight excluding hydrogens is 380 g/mol. The zero-order valence-electron chi connectivity index (χ0n) is 16.6. The van der Waals surface area contributed by atoms with Gasteiger partial charge >= 0.3 is 5.97 Å². The molecule has 2 aromatic heterocycles. The van der Waals surface area contributed by atoms with E-state index >= 15 is 0 Å². The van der Waals surface area contributed by atoms with Crippen LogP contribution >= 0.6 is 0 Å². The summed E-state index contributed by atoms with van der Waals surface area (Å²) in [7, 11) is 0. The third kappa shape index (κ3) is 3.96. The number of carboxylic acid groups (broad SMARTS) is 1. The average molecular weight is 402 g/mol. The number of rotatable bonds is 8. The lowest BCUT2D eigenvalue weighted by atomic mass is 10.1. The topological polar surface area (TPSA) is 81.6 Å². The summed E-state index contributed by atoms with van der Waals surface area (Å²) in [6.07, 6.45) is 6.27. The maximum Gasteiger partial charge on any atom is 0.336 e. The first-order valence-electron chi connectivity index (χ1n) is 9.78. The molecule has 0 saturated carbocycles. The van der Waals surface area contributed by atoms with Gasteiger partial charge in [-0.3, -0.25) is 0 Å². The molecule has 7 nitrogen and oxygen atoms in total. The molecule has 0 aliphatic carbocycles. The zero-order valence-corrected chi connectivity index (χ0v) is 16.6. The smallest absolute Gasteiger partial charge is 0.336 e. The fraction of sp³-hybridized carbons (Fsp3) is 0.174. The molecule has 2 heterocycles. The molecule has 0 aliphatic heterocycles. The normalized spacial score (nSPS) is 11.7. The van der Waals surface area contributed by atoms with Crippen molar-refractivity contribution in [2.24, 2.45) is 5.16 Å². The zero-order chi connectivity index (χ0) is 20.9. The molecule has 0 bridgehead atoms. The first kappa shape index (κ1) is 19.4. The largest absolute Gasteiger partial charge is 0.478 e. The number of carboxylic acids is 1. The van der Waals surface area contributed by atoms with Crippen LogP contribution in [0.25, 0.3) is 16.6 Å².